The van der Waals surface area contributed by atoms with E-state index in [9.17, 15) is 26.4 Å². The van der Waals surface area contributed by atoms with E-state index in [4.69, 9.17) is 0 Å². The summed E-state index contributed by atoms with van der Waals surface area (Å²) in [4.78, 5) is 11.0. The zero-order valence-electron chi connectivity index (χ0n) is 8.62. The molecule has 1 fully saturated rings. The van der Waals surface area contributed by atoms with Crippen LogP contribution in [0.3, 0.4) is 0 Å². The van der Waals surface area contributed by atoms with Crippen LogP contribution in [0.15, 0.2) is 0 Å². The lowest BCUT2D eigenvalue weighted by Crippen LogP contribution is -2.45. The molecule has 0 amide bonds. The molecular weight excluding hydrogens is 247 g/mol. The van der Waals surface area contributed by atoms with Crippen molar-refractivity contribution in [1.82, 2.24) is 4.31 Å². The molecule has 4 nitrogen and oxygen atoms in total. The van der Waals surface area contributed by atoms with Crippen LogP contribution in [0.4, 0.5) is 13.2 Å². The van der Waals surface area contributed by atoms with Gasteiger partial charge in [0.05, 0.1) is 0 Å². The maximum Gasteiger partial charge on any atom is 0.511 e. The Bertz CT molecular complexity index is 368. The van der Waals surface area contributed by atoms with E-state index in [0.717, 1.165) is 0 Å². The number of alkyl halides is 3. The summed E-state index contributed by atoms with van der Waals surface area (Å²) in [6.07, 6.45) is 0.315. The van der Waals surface area contributed by atoms with Gasteiger partial charge < -0.3 is 0 Å². The Morgan fingerprint density at radius 1 is 1.25 bits per heavy atom. The summed E-state index contributed by atoms with van der Waals surface area (Å²) in [6, 6.07) is 0. The van der Waals surface area contributed by atoms with E-state index in [0.29, 0.717) is 4.31 Å². The second kappa shape index (κ2) is 4.33. The number of Topliss-reactive ketones (excluding diaryl/α,β-unsaturated/α-hetero) is 1. The van der Waals surface area contributed by atoms with Gasteiger partial charge in [-0.15, -0.1) is 0 Å². The number of rotatable bonds is 2. The summed E-state index contributed by atoms with van der Waals surface area (Å²) in [5.41, 5.74) is -5.25. The molecule has 1 rings (SSSR count). The molecule has 0 bridgehead atoms. The minimum Gasteiger partial charge on any atom is -0.300 e. The van der Waals surface area contributed by atoms with Gasteiger partial charge in [0.2, 0.25) is 0 Å². The number of carbonyl (C=O) groups excluding carboxylic acids is 1. The van der Waals surface area contributed by atoms with Crippen LogP contribution in [0.1, 0.15) is 19.8 Å². The molecule has 0 saturated carbocycles. The van der Waals surface area contributed by atoms with Gasteiger partial charge in [-0.3, -0.25) is 4.79 Å². The molecular formula is C8H12F3NO3S. The fourth-order valence-corrected chi connectivity index (χ4v) is 2.63. The summed E-state index contributed by atoms with van der Waals surface area (Å²) >= 11 is 0. The van der Waals surface area contributed by atoms with Gasteiger partial charge in [-0.1, -0.05) is 0 Å². The van der Waals surface area contributed by atoms with Crippen LogP contribution in [0, 0.1) is 5.92 Å². The highest BCUT2D eigenvalue weighted by molar-refractivity contribution is 7.90. The van der Waals surface area contributed by atoms with E-state index < -0.39 is 15.5 Å². The van der Waals surface area contributed by atoms with E-state index >= 15 is 0 Å². The van der Waals surface area contributed by atoms with Crippen molar-refractivity contribution in [2.24, 2.45) is 5.92 Å². The van der Waals surface area contributed by atoms with Crippen molar-refractivity contribution < 1.29 is 26.4 Å². The van der Waals surface area contributed by atoms with Crippen LogP contribution in [0.25, 0.3) is 0 Å². The van der Waals surface area contributed by atoms with Crippen LogP contribution in [0.2, 0.25) is 0 Å². The van der Waals surface area contributed by atoms with Crippen molar-refractivity contribution >= 4 is 15.8 Å². The molecule has 0 aromatic carbocycles. The topological polar surface area (TPSA) is 54.5 Å². The number of nitrogens with zero attached hydrogens (tertiary/aromatic N) is 1. The minimum atomic E-state index is -5.25. The van der Waals surface area contributed by atoms with Crippen molar-refractivity contribution in [2.75, 3.05) is 13.1 Å². The number of sulfonamides is 1. The van der Waals surface area contributed by atoms with Crippen molar-refractivity contribution in [3.05, 3.63) is 0 Å². The Balaban J connectivity index is 2.72. The number of hydrogen-bond acceptors (Lipinski definition) is 3. The molecule has 0 atom stereocenters. The van der Waals surface area contributed by atoms with Gasteiger partial charge in [0.25, 0.3) is 0 Å². The maximum absolute atomic E-state index is 12.2. The number of carbonyl (C=O) groups is 1. The van der Waals surface area contributed by atoms with Crippen LogP contribution < -0.4 is 0 Å². The monoisotopic (exact) mass is 259 g/mol. The third kappa shape index (κ3) is 2.54. The fraction of sp³-hybridized carbons (Fsp3) is 0.875. The Hall–Kier alpha value is -0.630. The summed E-state index contributed by atoms with van der Waals surface area (Å²) < 4.78 is 58.9. The molecule has 8 heteroatoms. The average Bonchev–Trinajstić information content (AvgIpc) is 2.16. The second-order valence-corrected chi connectivity index (χ2v) is 5.66. The molecule has 0 aliphatic carbocycles. The number of piperidine rings is 1. The van der Waals surface area contributed by atoms with Crippen molar-refractivity contribution in [3.63, 3.8) is 0 Å². The molecule has 0 unspecified atom stereocenters. The lowest BCUT2D eigenvalue weighted by Gasteiger charge is -2.30. The molecule has 0 radical (unpaired) electrons. The summed E-state index contributed by atoms with van der Waals surface area (Å²) in [7, 11) is -5.23. The molecule has 16 heavy (non-hydrogen) atoms. The summed E-state index contributed by atoms with van der Waals surface area (Å²) in [5, 5.41) is 0. The first-order chi connectivity index (χ1) is 7.16. The van der Waals surface area contributed by atoms with Gasteiger partial charge in [0.1, 0.15) is 5.78 Å². The maximum atomic E-state index is 12.2. The predicted molar refractivity (Wildman–Crippen MR) is 50.0 cm³/mol. The lowest BCUT2D eigenvalue weighted by atomic mass is 9.95. The Morgan fingerprint density at radius 2 is 1.69 bits per heavy atom. The van der Waals surface area contributed by atoms with Gasteiger partial charge in [-0.2, -0.15) is 17.5 Å². The molecule has 0 spiro atoms. The predicted octanol–water partition coefficient (Wildman–Crippen LogP) is 1.14. The van der Waals surface area contributed by atoms with Gasteiger partial charge in [0, 0.05) is 19.0 Å². The highest BCUT2D eigenvalue weighted by atomic mass is 32.2. The number of halogens is 3. The van der Waals surface area contributed by atoms with E-state index in [1.54, 1.807) is 0 Å². The highest BCUT2D eigenvalue weighted by Gasteiger charge is 2.50. The van der Waals surface area contributed by atoms with Crippen molar-refractivity contribution in [3.8, 4) is 0 Å². The van der Waals surface area contributed by atoms with Gasteiger partial charge in [0.15, 0.2) is 0 Å². The molecule has 1 aliphatic rings. The molecule has 0 N–H and O–H groups in total. The molecule has 94 valence electrons. The SMILES string of the molecule is CC(=O)C1CCN(S(=O)(=O)C(F)(F)F)CC1. The van der Waals surface area contributed by atoms with Crippen molar-refractivity contribution in [2.45, 2.75) is 25.3 Å². The van der Waals surface area contributed by atoms with Crippen LogP contribution >= 0.6 is 0 Å². The third-order valence-electron chi connectivity index (χ3n) is 2.66. The quantitative estimate of drug-likeness (QED) is 0.747. The Kier molecular flexibility index (Phi) is 3.63. The average molecular weight is 259 g/mol. The number of ketones is 1. The van der Waals surface area contributed by atoms with E-state index in [1.165, 1.54) is 6.92 Å². The molecule has 0 aromatic heterocycles. The smallest absolute Gasteiger partial charge is 0.300 e. The summed E-state index contributed by atoms with van der Waals surface area (Å²) in [5.74, 6) is -0.427. The zero-order chi connectivity index (χ0) is 12.6. The zero-order valence-corrected chi connectivity index (χ0v) is 9.44. The minimum absolute atomic E-state index is 0.107. The van der Waals surface area contributed by atoms with Crippen LogP contribution in [-0.2, 0) is 14.8 Å². The largest absolute Gasteiger partial charge is 0.511 e. The Morgan fingerprint density at radius 3 is 2.00 bits per heavy atom. The first-order valence-corrected chi connectivity index (χ1v) is 6.17. The van der Waals surface area contributed by atoms with E-state index in [2.05, 4.69) is 0 Å². The molecule has 1 saturated heterocycles. The highest BCUT2D eigenvalue weighted by Crippen LogP contribution is 2.30. The first-order valence-electron chi connectivity index (χ1n) is 4.73. The summed E-state index contributed by atoms with van der Waals surface area (Å²) in [6.45, 7) is 0.872. The second-order valence-electron chi connectivity index (χ2n) is 3.73. The van der Waals surface area contributed by atoms with E-state index in [-0.39, 0.29) is 37.6 Å². The standard InChI is InChI=1S/C8H12F3NO3S/c1-6(13)7-2-4-12(5-3-7)16(14,15)8(9,10)11/h7H,2-5H2,1H3. The van der Waals surface area contributed by atoms with Crippen molar-refractivity contribution in [1.29, 1.82) is 0 Å². The molecule has 1 aliphatic heterocycles. The number of hydrogen-bond donors (Lipinski definition) is 0. The van der Waals surface area contributed by atoms with Gasteiger partial charge in [-0.05, 0) is 19.8 Å². The van der Waals surface area contributed by atoms with Crippen LogP contribution in [0.5, 0.6) is 0 Å². The van der Waals surface area contributed by atoms with Crippen LogP contribution in [-0.4, -0.2) is 37.1 Å². The Labute approximate surface area is 91.5 Å². The lowest BCUT2D eigenvalue weighted by molar-refractivity contribution is -0.121. The molecule has 1 heterocycles. The van der Waals surface area contributed by atoms with Gasteiger partial charge in [-0.25, -0.2) is 8.42 Å². The van der Waals surface area contributed by atoms with E-state index in [1.807, 2.05) is 0 Å². The first kappa shape index (κ1) is 13.4. The molecule has 0 aromatic rings. The third-order valence-corrected chi connectivity index (χ3v) is 4.29. The normalized spacial score (nSPS) is 21.0. The fourth-order valence-electron chi connectivity index (χ4n) is 1.65. The van der Waals surface area contributed by atoms with Gasteiger partial charge >= 0.3 is 15.5 Å².